The number of hydrogen-bond acceptors (Lipinski definition) is 5. The summed E-state index contributed by atoms with van der Waals surface area (Å²) in [5, 5.41) is 10.8. The van der Waals surface area contributed by atoms with Gasteiger partial charge in [0.15, 0.2) is 17.1 Å². The van der Waals surface area contributed by atoms with Crippen LogP contribution in [0.4, 0.5) is 0 Å². The first kappa shape index (κ1) is 19.7. The van der Waals surface area contributed by atoms with Crippen molar-refractivity contribution in [1.29, 1.82) is 0 Å². The van der Waals surface area contributed by atoms with Gasteiger partial charge in [0.2, 0.25) is 0 Å². The molecule has 0 spiro atoms. The molecule has 148 valence electrons. The molecule has 1 atom stereocenters. The number of aromatic amines is 1. The number of hydrogen-bond donors (Lipinski definition) is 2. The topological polar surface area (TPSA) is 89.1 Å². The van der Waals surface area contributed by atoms with Gasteiger partial charge in [-0.25, -0.2) is 4.98 Å². The van der Waals surface area contributed by atoms with Crippen LogP contribution in [0, 0.1) is 12.8 Å². The molecule has 0 saturated heterocycles. The fourth-order valence-electron chi connectivity index (χ4n) is 2.84. The molecule has 0 aliphatic carbocycles. The second-order valence-corrected chi connectivity index (χ2v) is 7.25. The van der Waals surface area contributed by atoms with E-state index in [9.17, 15) is 4.79 Å². The van der Waals surface area contributed by atoms with E-state index in [1.54, 1.807) is 13.2 Å². The van der Waals surface area contributed by atoms with E-state index < -0.39 is 0 Å². The average Bonchev–Trinajstić information content (AvgIpc) is 3.06. The molecule has 2 heterocycles. The van der Waals surface area contributed by atoms with Crippen molar-refractivity contribution in [1.82, 2.24) is 20.5 Å². The third-order valence-electron chi connectivity index (χ3n) is 4.47. The summed E-state index contributed by atoms with van der Waals surface area (Å²) in [6, 6.07) is 7.29. The van der Waals surface area contributed by atoms with E-state index in [0.29, 0.717) is 35.2 Å². The molecule has 0 unspecified atom stereocenters. The van der Waals surface area contributed by atoms with Crippen LogP contribution in [0.2, 0.25) is 0 Å². The second kappa shape index (κ2) is 8.29. The fraction of sp³-hybridized carbons (Fsp3) is 0.381. The van der Waals surface area contributed by atoms with Crippen LogP contribution in [0.1, 0.15) is 48.4 Å². The molecule has 0 bridgehead atoms. The van der Waals surface area contributed by atoms with E-state index in [1.807, 2.05) is 32.0 Å². The number of amides is 1. The second-order valence-electron chi connectivity index (χ2n) is 7.25. The number of nitrogens with zero attached hydrogens (tertiary/aromatic N) is 2. The Labute approximate surface area is 164 Å². The molecule has 3 rings (SSSR count). The standard InChI is InChI=1S/C21H26N4O3/c1-12(2)11-28-18-7-6-15(9-19(18)27-5)13(3)23-21(26)16-8-17-14(4)24-25-20(17)22-10-16/h6-10,12-13H,11H2,1-5H3,(H,23,26)(H,22,24,25)/t13-/m0/s1. The third kappa shape index (κ3) is 4.24. The SMILES string of the molecule is COc1cc([C@H](C)NC(=O)c2cnc3n[nH]c(C)c3c2)ccc1OCC(C)C. The lowest BCUT2D eigenvalue weighted by molar-refractivity contribution is 0.0939. The minimum absolute atomic E-state index is 0.193. The molecular weight excluding hydrogens is 356 g/mol. The summed E-state index contributed by atoms with van der Waals surface area (Å²) < 4.78 is 11.2. The number of benzene rings is 1. The van der Waals surface area contributed by atoms with E-state index in [2.05, 4.69) is 34.3 Å². The van der Waals surface area contributed by atoms with Crippen LogP contribution in [-0.4, -0.2) is 34.8 Å². The monoisotopic (exact) mass is 382 g/mol. The number of carbonyl (C=O) groups excluding carboxylic acids is 1. The summed E-state index contributed by atoms with van der Waals surface area (Å²) in [6.45, 7) is 8.63. The molecule has 0 aliphatic rings. The number of fused-ring (bicyclic) bond motifs is 1. The maximum atomic E-state index is 12.7. The van der Waals surface area contributed by atoms with Gasteiger partial charge >= 0.3 is 0 Å². The van der Waals surface area contributed by atoms with Gasteiger partial charge in [0.1, 0.15) is 0 Å². The minimum Gasteiger partial charge on any atom is -0.493 e. The van der Waals surface area contributed by atoms with Gasteiger partial charge in [-0.1, -0.05) is 19.9 Å². The summed E-state index contributed by atoms with van der Waals surface area (Å²) in [4.78, 5) is 16.9. The van der Waals surface area contributed by atoms with Crippen LogP contribution in [0.25, 0.3) is 11.0 Å². The van der Waals surface area contributed by atoms with Gasteiger partial charge in [0.25, 0.3) is 5.91 Å². The number of pyridine rings is 1. The first-order valence-corrected chi connectivity index (χ1v) is 9.31. The van der Waals surface area contributed by atoms with Gasteiger partial charge in [-0.05, 0) is 43.5 Å². The van der Waals surface area contributed by atoms with Gasteiger partial charge in [0, 0.05) is 17.3 Å². The molecule has 28 heavy (non-hydrogen) atoms. The summed E-state index contributed by atoms with van der Waals surface area (Å²) >= 11 is 0. The van der Waals surface area contributed by atoms with Crippen molar-refractivity contribution in [2.24, 2.45) is 5.92 Å². The highest BCUT2D eigenvalue weighted by atomic mass is 16.5. The number of carbonyl (C=O) groups is 1. The van der Waals surface area contributed by atoms with Crippen molar-refractivity contribution < 1.29 is 14.3 Å². The minimum atomic E-state index is -0.207. The van der Waals surface area contributed by atoms with Gasteiger partial charge in [0.05, 0.1) is 25.3 Å². The molecular formula is C21H26N4O3. The normalized spacial score (nSPS) is 12.2. The number of nitrogens with one attached hydrogen (secondary N) is 2. The highest BCUT2D eigenvalue weighted by Crippen LogP contribution is 2.30. The number of aryl methyl sites for hydroxylation is 1. The lowest BCUT2D eigenvalue weighted by Gasteiger charge is -2.18. The summed E-state index contributed by atoms with van der Waals surface area (Å²) in [5.74, 6) is 1.58. The number of aromatic nitrogens is 3. The van der Waals surface area contributed by atoms with E-state index in [1.165, 1.54) is 6.20 Å². The number of methoxy groups -OCH3 is 1. The molecule has 2 aromatic heterocycles. The summed E-state index contributed by atoms with van der Waals surface area (Å²) in [6.07, 6.45) is 1.54. The zero-order valence-electron chi connectivity index (χ0n) is 16.9. The van der Waals surface area contributed by atoms with Crippen LogP contribution in [0.15, 0.2) is 30.5 Å². The predicted molar refractivity (Wildman–Crippen MR) is 108 cm³/mol. The Morgan fingerprint density at radius 2 is 2.00 bits per heavy atom. The van der Waals surface area contributed by atoms with Crippen molar-refractivity contribution in [2.45, 2.75) is 33.7 Å². The van der Waals surface area contributed by atoms with Gasteiger partial charge in [-0.15, -0.1) is 0 Å². The van der Waals surface area contributed by atoms with E-state index in [0.717, 1.165) is 16.6 Å². The van der Waals surface area contributed by atoms with Crippen molar-refractivity contribution in [3.63, 3.8) is 0 Å². The van der Waals surface area contributed by atoms with Gasteiger partial charge in [-0.3, -0.25) is 9.89 Å². The predicted octanol–water partition coefficient (Wildman–Crippen LogP) is 3.80. The van der Waals surface area contributed by atoms with E-state index in [-0.39, 0.29) is 11.9 Å². The number of rotatable bonds is 7. The first-order chi connectivity index (χ1) is 13.4. The number of H-pyrrole nitrogens is 1. The summed E-state index contributed by atoms with van der Waals surface area (Å²) in [7, 11) is 1.61. The van der Waals surface area contributed by atoms with Crippen LogP contribution < -0.4 is 14.8 Å². The lowest BCUT2D eigenvalue weighted by atomic mass is 10.1. The van der Waals surface area contributed by atoms with Crippen LogP contribution in [-0.2, 0) is 0 Å². The first-order valence-electron chi connectivity index (χ1n) is 9.31. The Morgan fingerprint density at radius 3 is 2.71 bits per heavy atom. The molecule has 0 aliphatic heterocycles. The smallest absolute Gasteiger partial charge is 0.253 e. The quantitative estimate of drug-likeness (QED) is 0.649. The zero-order chi connectivity index (χ0) is 20.3. The van der Waals surface area contributed by atoms with Gasteiger partial charge in [-0.2, -0.15) is 5.10 Å². The number of ether oxygens (including phenoxy) is 2. The van der Waals surface area contributed by atoms with Crippen molar-refractivity contribution in [3.8, 4) is 11.5 Å². The van der Waals surface area contributed by atoms with Crippen LogP contribution >= 0.6 is 0 Å². The van der Waals surface area contributed by atoms with Gasteiger partial charge < -0.3 is 14.8 Å². The Hall–Kier alpha value is -3.09. The van der Waals surface area contributed by atoms with Crippen LogP contribution in [0.3, 0.4) is 0 Å². The Bertz CT molecular complexity index is 981. The molecule has 0 radical (unpaired) electrons. The van der Waals surface area contributed by atoms with E-state index >= 15 is 0 Å². The molecule has 2 N–H and O–H groups in total. The molecule has 0 saturated carbocycles. The molecule has 3 aromatic rings. The van der Waals surface area contributed by atoms with Crippen molar-refractivity contribution in [3.05, 3.63) is 47.3 Å². The van der Waals surface area contributed by atoms with E-state index in [4.69, 9.17) is 9.47 Å². The molecule has 0 fully saturated rings. The maximum absolute atomic E-state index is 12.7. The largest absolute Gasteiger partial charge is 0.493 e. The third-order valence-corrected chi connectivity index (χ3v) is 4.47. The highest BCUT2D eigenvalue weighted by Gasteiger charge is 2.16. The van der Waals surface area contributed by atoms with Crippen molar-refractivity contribution >= 4 is 16.9 Å². The highest BCUT2D eigenvalue weighted by molar-refractivity contribution is 5.97. The molecule has 7 heteroatoms. The molecule has 7 nitrogen and oxygen atoms in total. The maximum Gasteiger partial charge on any atom is 0.253 e. The molecule has 1 aromatic carbocycles. The zero-order valence-corrected chi connectivity index (χ0v) is 16.9. The summed E-state index contributed by atoms with van der Waals surface area (Å²) in [5.41, 5.74) is 2.90. The molecule has 1 amide bonds. The Kier molecular flexibility index (Phi) is 5.82. The average molecular weight is 382 g/mol. The van der Waals surface area contributed by atoms with Crippen LogP contribution in [0.5, 0.6) is 11.5 Å². The Balaban J connectivity index is 1.74. The fourth-order valence-corrected chi connectivity index (χ4v) is 2.84. The van der Waals surface area contributed by atoms with Crippen molar-refractivity contribution in [2.75, 3.05) is 13.7 Å². The Morgan fingerprint density at radius 1 is 1.21 bits per heavy atom. The lowest BCUT2D eigenvalue weighted by Crippen LogP contribution is -2.26.